The predicted octanol–water partition coefficient (Wildman–Crippen LogP) is 4.70. The first-order valence-corrected chi connectivity index (χ1v) is 11.6. The number of halogens is 4. The first-order valence-electron chi connectivity index (χ1n) is 10.3. The van der Waals surface area contributed by atoms with Crippen LogP contribution in [0.25, 0.3) is 0 Å². The number of amides is 2. The Balaban J connectivity index is 1.45. The second kappa shape index (κ2) is 9.78. The van der Waals surface area contributed by atoms with Crippen molar-refractivity contribution in [3.63, 3.8) is 0 Å². The third-order valence-electron chi connectivity index (χ3n) is 5.27. The maximum Gasteiger partial charge on any atom is 0.416 e. The van der Waals surface area contributed by atoms with Gasteiger partial charge in [0, 0.05) is 7.05 Å². The fourth-order valence-corrected chi connectivity index (χ4v) is 4.47. The molecule has 1 atom stereocenters. The monoisotopic (exact) mass is 525 g/mol. The van der Waals surface area contributed by atoms with E-state index in [0.29, 0.717) is 22.4 Å². The van der Waals surface area contributed by atoms with Crippen molar-refractivity contribution in [1.82, 2.24) is 14.8 Å². The molecule has 1 N–H and O–H groups in total. The molecule has 4 rings (SSSR count). The number of fused-ring (bicyclic) bond motifs is 1. The van der Waals surface area contributed by atoms with Crippen LogP contribution >= 0.6 is 23.4 Å². The summed E-state index contributed by atoms with van der Waals surface area (Å²) in [5, 5.41) is 11.1. The van der Waals surface area contributed by atoms with Gasteiger partial charge in [-0.25, -0.2) is 0 Å². The second-order valence-corrected chi connectivity index (χ2v) is 8.97. The van der Waals surface area contributed by atoms with Gasteiger partial charge in [-0.1, -0.05) is 35.5 Å². The zero-order chi connectivity index (χ0) is 25.3. The van der Waals surface area contributed by atoms with E-state index in [9.17, 15) is 22.8 Å². The molecule has 2 aromatic carbocycles. The van der Waals surface area contributed by atoms with Crippen LogP contribution in [0.5, 0.6) is 5.75 Å². The number of aromatic nitrogens is 3. The number of thioether (sulfide) groups is 1. The SMILES string of the molecule is C[C@H](c1nnc(SCC(=O)Nc2cc(C(F)(F)F)ccc2Cl)n1C)N1C(=O)COc2ccccc21. The van der Waals surface area contributed by atoms with Crippen molar-refractivity contribution in [2.24, 2.45) is 7.05 Å². The molecule has 184 valence electrons. The Morgan fingerprint density at radius 3 is 2.74 bits per heavy atom. The molecule has 2 heterocycles. The third kappa shape index (κ3) is 5.22. The molecule has 0 spiro atoms. The molecule has 0 unspecified atom stereocenters. The van der Waals surface area contributed by atoms with E-state index in [4.69, 9.17) is 16.3 Å². The van der Waals surface area contributed by atoms with Crippen molar-refractivity contribution >= 4 is 46.6 Å². The normalized spacial score (nSPS) is 14.3. The number of hydrogen-bond donors (Lipinski definition) is 1. The molecule has 0 saturated heterocycles. The summed E-state index contributed by atoms with van der Waals surface area (Å²) in [6.45, 7) is 1.71. The molecule has 1 aliphatic rings. The fourth-order valence-electron chi connectivity index (χ4n) is 3.59. The Morgan fingerprint density at radius 2 is 2.00 bits per heavy atom. The minimum atomic E-state index is -4.56. The summed E-state index contributed by atoms with van der Waals surface area (Å²) in [6, 6.07) is 9.38. The van der Waals surface area contributed by atoms with E-state index in [0.717, 1.165) is 30.0 Å². The zero-order valence-corrected chi connectivity index (χ0v) is 20.0. The van der Waals surface area contributed by atoms with Crippen molar-refractivity contribution < 1.29 is 27.5 Å². The van der Waals surface area contributed by atoms with Gasteiger partial charge in [0.25, 0.3) is 5.91 Å². The fraction of sp³-hybridized carbons (Fsp3) is 0.273. The third-order valence-corrected chi connectivity index (χ3v) is 6.62. The van der Waals surface area contributed by atoms with Crippen LogP contribution in [0.15, 0.2) is 47.6 Å². The van der Waals surface area contributed by atoms with Gasteiger partial charge in [0.05, 0.1) is 33.8 Å². The average molecular weight is 526 g/mol. The molecular weight excluding hydrogens is 507 g/mol. The van der Waals surface area contributed by atoms with Crippen LogP contribution in [0.2, 0.25) is 5.02 Å². The van der Waals surface area contributed by atoms with Gasteiger partial charge in [-0.05, 0) is 37.3 Å². The summed E-state index contributed by atoms with van der Waals surface area (Å²) in [5.74, 6) is 0.128. The van der Waals surface area contributed by atoms with E-state index in [1.807, 2.05) is 6.07 Å². The minimum Gasteiger partial charge on any atom is -0.482 e. The van der Waals surface area contributed by atoms with Gasteiger partial charge in [-0.2, -0.15) is 13.2 Å². The highest BCUT2D eigenvalue weighted by Gasteiger charge is 2.33. The molecule has 13 heteroatoms. The van der Waals surface area contributed by atoms with Gasteiger partial charge in [-0.15, -0.1) is 10.2 Å². The predicted molar refractivity (Wildman–Crippen MR) is 125 cm³/mol. The lowest BCUT2D eigenvalue weighted by Crippen LogP contribution is -2.41. The zero-order valence-electron chi connectivity index (χ0n) is 18.5. The smallest absolute Gasteiger partial charge is 0.416 e. The van der Waals surface area contributed by atoms with E-state index in [-0.39, 0.29) is 29.0 Å². The molecule has 0 saturated carbocycles. The Bertz CT molecular complexity index is 1280. The largest absolute Gasteiger partial charge is 0.482 e. The standard InChI is InChI=1S/C22H19ClF3N5O3S/c1-12(31-16-5-3-4-6-17(16)34-10-19(31)33)20-28-29-21(30(20)2)35-11-18(32)27-15-9-13(22(24,25)26)7-8-14(15)23/h3-9,12H,10-11H2,1-2H3,(H,27,32)/t12-/m1/s1. The molecule has 35 heavy (non-hydrogen) atoms. The van der Waals surface area contributed by atoms with Gasteiger partial charge >= 0.3 is 6.18 Å². The van der Waals surface area contributed by atoms with Crippen molar-refractivity contribution in [2.45, 2.75) is 24.3 Å². The first kappa shape index (κ1) is 24.9. The van der Waals surface area contributed by atoms with Gasteiger partial charge in [0.2, 0.25) is 5.91 Å². The topological polar surface area (TPSA) is 89.4 Å². The van der Waals surface area contributed by atoms with E-state index in [2.05, 4.69) is 15.5 Å². The number of nitrogens with zero attached hydrogens (tertiary/aromatic N) is 4. The van der Waals surface area contributed by atoms with Gasteiger partial charge < -0.3 is 14.6 Å². The summed E-state index contributed by atoms with van der Waals surface area (Å²) in [5.41, 5.74) is -0.439. The Kier molecular flexibility index (Phi) is 6.95. The highest BCUT2D eigenvalue weighted by Crippen LogP contribution is 2.37. The van der Waals surface area contributed by atoms with Crippen molar-refractivity contribution in [3.8, 4) is 5.75 Å². The molecular formula is C22H19ClF3N5O3S. The van der Waals surface area contributed by atoms with Crippen LogP contribution < -0.4 is 15.0 Å². The Hall–Kier alpha value is -3.25. The Morgan fingerprint density at radius 1 is 1.26 bits per heavy atom. The molecule has 1 aromatic heterocycles. The number of hydrogen-bond acceptors (Lipinski definition) is 6. The number of rotatable bonds is 6. The number of carbonyl (C=O) groups excluding carboxylic acids is 2. The Labute approximate surface area is 207 Å². The minimum absolute atomic E-state index is 0.0124. The molecule has 8 nitrogen and oxygen atoms in total. The molecule has 1 aliphatic heterocycles. The van der Waals surface area contributed by atoms with Gasteiger partial charge in [-0.3, -0.25) is 14.5 Å². The highest BCUT2D eigenvalue weighted by molar-refractivity contribution is 7.99. The summed E-state index contributed by atoms with van der Waals surface area (Å²) >= 11 is 6.98. The molecule has 0 radical (unpaired) electrons. The number of ether oxygens (including phenoxy) is 1. The van der Waals surface area contributed by atoms with Crippen LogP contribution in [-0.2, 0) is 22.8 Å². The molecule has 0 bridgehead atoms. The number of benzene rings is 2. The number of anilines is 2. The quantitative estimate of drug-likeness (QED) is 0.469. The van der Waals surface area contributed by atoms with Crippen LogP contribution in [0.4, 0.5) is 24.5 Å². The van der Waals surface area contributed by atoms with Gasteiger partial charge in [0.1, 0.15) is 5.75 Å². The maximum atomic E-state index is 12.9. The summed E-state index contributed by atoms with van der Waals surface area (Å²) in [4.78, 5) is 26.6. The average Bonchev–Trinajstić information content (AvgIpc) is 3.18. The van der Waals surface area contributed by atoms with Crippen molar-refractivity contribution in [2.75, 3.05) is 22.6 Å². The lowest BCUT2D eigenvalue weighted by Gasteiger charge is -2.33. The van der Waals surface area contributed by atoms with E-state index in [1.165, 1.54) is 0 Å². The number of para-hydroxylation sites is 2. The first-order chi connectivity index (χ1) is 16.6. The van der Waals surface area contributed by atoms with E-state index >= 15 is 0 Å². The number of carbonyl (C=O) groups is 2. The highest BCUT2D eigenvalue weighted by atomic mass is 35.5. The number of nitrogens with one attached hydrogen (secondary N) is 1. The lowest BCUT2D eigenvalue weighted by atomic mass is 10.1. The molecule has 0 fully saturated rings. The summed E-state index contributed by atoms with van der Waals surface area (Å²) in [7, 11) is 1.70. The molecule has 2 amide bonds. The second-order valence-electron chi connectivity index (χ2n) is 7.63. The van der Waals surface area contributed by atoms with Crippen LogP contribution in [0.3, 0.4) is 0 Å². The molecule has 0 aliphatic carbocycles. The molecule has 3 aromatic rings. The maximum absolute atomic E-state index is 12.9. The van der Waals surface area contributed by atoms with Crippen molar-refractivity contribution in [3.05, 3.63) is 58.9 Å². The van der Waals surface area contributed by atoms with Crippen LogP contribution in [0.1, 0.15) is 24.4 Å². The van der Waals surface area contributed by atoms with Crippen LogP contribution in [-0.4, -0.2) is 38.9 Å². The van der Waals surface area contributed by atoms with Gasteiger partial charge in [0.15, 0.2) is 17.6 Å². The summed E-state index contributed by atoms with van der Waals surface area (Å²) < 4.78 is 46.0. The lowest BCUT2D eigenvalue weighted by molar-refractivity contribution is -0.137. The van der Waals surface area contributed by atoms with E-state index < -0.39 is 23.7 Å². The van der Waals surface area contributed by atoms with E-state index in [1.54, 1.807) is 41.6 Å². The number of alkyl halides is 3. The van der Waals surface area contributed by atoms with Crippen molar-refractivity contribution in [1.29, 1.82) is 0 Å². The summed E-state index contributed by atoms with van der Waals surface area (Å²) in [6.07, 6.45) is -4.56. The van der Waals surface area contributed by atoms with Crippen LogP contribution in [0, 0.1) is 0 Å².